The number of nitrogens with one attached hydrogen (secondary N) is 1. The highest BCUT2D eigenvalue weighted by Crippen LogP contribution is 2.44. The van der Waals surface area contributed by atoms with E-state index in [0.29, 0.717) is 0 Å². The number of nitriles is 1. The van der Waals surface area contributed by atoms with E-state index in [4.69, 9.17) is 34.8 Å². The summed E-state index contributed by atoms with van der Waals surface area (Å²) in [7, 11) is 0. The van der Waals surface area contributed by atoms with Crippen molar-refractivity contribution in [3.8, 4) is 6.07 Å². The van der Waals surface area contributed by atoms with Crippen LogP contribution >= 0.6 is 46.6 Å². The number of hydrogen-bond donors (Lipinski definition) is 1. The fourth-order valence-electron chi connectivity index (χ4n) is 2.57. The maximum Gasteiger partial charge on any atom is 0.416 e. The number of rotatable bonds is 5. The number of benzene rings is 2. The molecule has 0 spiro atoms. The number of anilines is 1. The van der Waals surface area contributed by atoms with Gasteiger partial charge in [0.1, 0.15) is 11.8 Å². The lowest BCUT2D eigenvalue weighted by Gasteiger charge is -2.23. The highest BCUT2D eigenvalue weighted by molar-refractivity contribution is 7.99. The van der Waals surface area contributed by atoms with Gasteiger partial charge >= 0.3 is 17.6 Å². The number of hydrogen-bond acceptors (Lipinski definition) is 3. The standard InChI is InChI=1S/C19H9Cl3F8N2S/c1-33-19(29,30)16(12(7-31)15-13(21)5-10(20)6-14(15)22)32-11-3-8(17(23,24)25)2-9(4-11)18(26,27)28/h2-6,32H,1H3/b16-12+. The molecular weight excluding hydrogens is 547 g/mol. The van der Waals surface area contributed by atoms with E-state index in [1.54, 1.807) is 0 Å². The topological polar surface area (TPSA) is 35.8 Å². The van der Waals surface area contributed by atoms with Crippen LogP contribution < -0.4 is 5.32 Å². The van der Waals surface area contributed by atoms with Gasteiger partial charge < -0.3 is 5.32 Å². The smallest absolute Gasteiger partial charge is 0.352 e. The van der Waals surface area contributed by atoms with E-state index < -0.39 is 51.3 Å². The number of alkyl halides is 8. The third-order valence-corrected chi connectivity index (χ3v) is 5.55. The lowest BCUT2D eigenvalue weighted by Crippen LogP contribution is -2.23. The van der Waals surface area contributed by atoms with Crippen molar-refractivity contribution in [2.75, 3.05) is 11.6 Å². The molecule has 0 heterocycles. The van der Waals surface area contributed by atoms with E-state index in [1.807, 2.05) is 5.32 Å². The predicted molar refractivity (Wildman–Crippen MR) is 113 cm³/mol. The Morgan fingerprint density at radius 2 is 1.30 bits per heavy atom. The zero-order chi connectivity index (χ0) is 25.4. The minimum absolute atomic E-state index is 0.00938. The van der Waals surface area contributed by atoms with Crippen LogP contribution in [0.1, 0.15) is 16.7 Å². The maximum absolute atomic E-state index is 14.8. The van der Waals surface area contributed by atoms with Gasteiger partial charge in [0.25, 0.3) is 0 Å². The van der Waals surface area contributed by atoms with Gasteiger partial charge in [0, 0.05) is 16.3 Å². The molecule has 0 saturated carbocycles. The first-order valence-electron chi connectivity index (χ1n) is 8.30. The monoisotopic (exact) mass is 554 g/mol. The van der Waals surface area contributed by atoms with Gasteiger partial charge in [-0.2, -0.15) is 40.4 Å². The Morgan fingerprint density at radius 3 is 1.67 bits per heavy atom. The van der Waals surface area contributed by atoms with Crippen LogP contribution in [-0.4, -0.2) is 11.5 Å². The molecule has 0 unspecified atom stereocenters. The van der Waals surface area contributed by atoms with Crippen molar-refractivity contribution in [2.24, 2.45) is 0 Å². The molecule has 2 aromatic rings. The summed E-state index contributed by atoms with van der Waals surface area (Å²) >= 11 is 17.6. The van der Waals surface area contributed by atoms with Crippen LogP contribution in [0.15, 0.2) is 36.0 Å². The lowest BCUT2D eigenvalue weighted by molar-refractivity contribution is -0.143. The lowest BCUT2D eigenvalue weighted by atomic mass is 10.0. The van der Waals surface area contributed by atoms with Crippen LogP contribution in [0.5, 0.6) is 0 Å². The largest absolute Gasteiger partial charge is 0.416 e. The third-order valence-electron chi connectivity index (χ3n) is 4.02. The summed E-state index contributed by atoms with van der Waals surface area (Å²) in [4.78, 5) is 0. The van der Waals surface area contributed by atoms with Crippen LogP contribution in [-0.2, 0) is 12.4 Å². The van der Waals surface area contributed by atoms with E-state index in [-0.39, 0.29) is 45.0 Å². The van der Waals surface area contributed by atoms with Gasteiger partial charge in [0.2, 0.25) is 0 Å². The van der Waals surface area contributed by atoms with Crippen LogP contribution in [0.2, 0.25) is 15.1 Å². The Balaban J connectivity index is 2.85. The molecule has 2 aromatic carbocycles. The second-order valence-corrected chi connectivity index (χ2v) is 8.42. The zero-order valence-electron chi connectivity index (χ0n) is 15.9. The van der Waals surface area contributed by atoms with Gasteiger partial charge in [0.05, 0.1) is 26.7 Å². The Kier molecular flexibility index (Phi) is 8.11. The highest BCUT2D eigenvalue weighted by Gasteiger charge is 2.40. The summed E-state index contributed by atoms with van der Waals surface area (Å²) in [6, 6.07) is 3.81. The summed E-state index contributed by atoms with van der Waals surface area (Å²) < 4.78 is 108. The molecule has 0 aliphatic carbocycles. The summed E-state index contributed by atoms with van der Waals surface area (Å²) in [5, 5.41) is 6.74. The molecule has 0 amide bonds. The molecule has 0 aliphatic rings. The molecule has 0 fully saturated rings. The molecule has 178 valence electrons. The molecule has 0 aromatic heterocycles. The number of halogens is 11. The summed E-state index contributed by atoms with van der Waals surface area (Å²) in [5.41, 5.74) is -7.15. The fraction of sp³-hybridized carbons (Fsp3) is 0.211. The van der Waals surface area contributed by atoms with Crippen molar-refractivity contribution in [3.63, 3.8) is 0 Å². The molecule has 14 heteroatoms. The first-order valence-corrected chi connectivity index (χ1v) is 10.7. The molecule has 2 nitrogen and oxygen atoms in total. The molecule has 33 heavy (non-hydrogen) atoms. The van der Waals surface area contributed by atoms with Crippen molar-refractivity contribution < 1.29 is 35.1 Å². The molecule has 1 N–H and O–H groups in total. The van der Waals surface area contributed by atoms with E-state index in [1.165, 1.54) is 6.07 Å². The molecule has 0 atom stereocenters. The normalized spacial score (nSPS) is 13.4. The van der Waals surface area contributed by atoms with Gasteiger partial charge in [-0.15, -0.1) is 0 Å². The van der Waals surface area contributed by atoms with Crippen LogP contribution in [0.3, 0.4) is 0 Å². The summed E-state index contributed by atoms with van der Waals surface area (Å²) in [6.45, 7) is 0. The Labute approximate surface area is 201 Å². The average molecular weight is 556 g/mol. The van der Waals surface area contributed by atoms with Crippen molar-refractivity contribution in [1.82, 2.24) is 0 Å². The van der Waals surface area contributed by atoms with E-state index >= 15 is 0 Å². The number of thioether (sulfide) groups is 1. The minimum Gasteiger partial charge on any atom is -0.352 e. The predicted octanol–water partition coefficient (Wildman–Crippen LogP) is 8.99. The van der Waals surface area contributed by atoms with Gasteiger partial charge in [-0.1, -0.05) is 46.6 Å². The first kappa shape index (κ1) is 27.4. The van der Waals surface area contributed by atoms with Crippen LogP contribution in [0, 0.1) is 11.3 Å². The molecule has 0 radical (unpaired) electrons. The molecule has 2 rings (SSSR count). The van der Waals surface area contributed by atoms with Crippen molar-refractivity contribution in [1.29, 1.82) is 5.26 Å². The van der Waals surface area contributed by atoms with Crippen molar-refractivity contribution >= 4 is 57.8 Å². The maximum atomic E-state index is 14.8. The summed E-state index contributed by atoms with van der Waals surface area (Å²) in [6.07, 6.45) is -9.52. The SMILES string of the molecule is CSC(F)(F)/C(Nc1cc(C(F)(F)F)cc(C(F)(F)F)c1)=C(/C#N)c1c(Cl)cc(Cl)cc1Cl. The van der Waals surface area contributed by atoms with Crippen LogP contribution in [0.25, 0.3) is 5.57 Å². The third kappa shape index (κ3) is 6.38. The molecule has 0 aliphatic heterocycles. The van der Waals surface area contributed by atoms with Gasteiger partial charge in [0.15, 0.2) is 0 Å². The van der Waals surface area contributed by atoms with Gasteiger partial charge in [-0.05, 0) is 36.6 Å². The molecule has 0 bridgehead atoms. The van der Waals surface area contributed by atoms with Crippen molar-refractivity contribution in [3.05, 3.63) is 67.8 Å². The van der Waals surface area contributed by atoms with Gasteiger partial charge in [-0.3, -0.25) is 0 Å². The Morgan fingerprint density at radius 1 is 0.848 bits per heavy atom. The second-order valence-electron chi connectivity index (χ2n) is 6.25. The van der Waals surface area contributed by atoms with Gasteiger partial charge in [-0.25, -0.2) is 0 Å². The quantitative estimate of drug-likeness (QED) is 0.295. The van der Waals surface area contributed by atoms with E-state index in [0.717, 1.165) is 18.4 Å². The molecular formula is C19H9Cl3F8N2S. The zero-order valence-corrected chi connectivity index (χ0v) is 19.0. The molecule has 0 saturated heterocycles. The number of allylic oxidation sites excluding steroid dienone is 1. The second kappa shape index (κ2) is 9.78. The van der Waals surface area contributed by atoms with Crippen LogP contribution in [0.4, 0.5) is 40.8 Å². The first-order chi connectivity index (χ1) is 15.0. The van der Waals surface area contributed by atoms with E-state index in [2.05, 4.69) is 0 Å². The summed E-state index contributed by atoms with van der Waals surface area (Å²) in [5.74, 6) is 0. The Hall–Kier alpha value is -1.87. The van der Waals surface area contributed by atoms with E-state index in [9.17, 15) is 40.4 Å². The fourth-order valence-corrected chi connectivity index (χ4v) is 3.94. The highest BCUT2D eigenvalue weighted by atomic mass is 35.5. The average Bonchev–Trinajstić information content (AvgIpc) is 2.67. The minimum atomic E-state index is -5.22. The number of nitrogens with zero attached hydrogens (tertiary/aromatic N) is 1. The Bertz CT molecular complexity index is 1080. The van der Waals surface area contributed by atoms with Crippen molar-refractivity contribution in [2.45, 2.75) is 17.6 Å².